The third-order valence-electron chi connectivity index (χ3n) is 6.32. The number of carbonyl (C=O) groups is 1. The van der Waals surface area contributed by atoms with E-state index in [4.69, 9.17) is 10.5 Å². The number of pyridine rings is 1. The molecule has 2 atom stereocenters. The zero-order chi connectivity index (χ0) is 23.8. The first-order valence-corrected chi connectivity index (χ1v) is 11.3. The zero-order valence-electron chi connectivity index (χ0n) is 17.4. The standard InChI is InChI=1S/C22H16BrF3N6O2/c23-21-29-9-15-19(27)30-13-8-28-12(7-14(13)32(15)21)20(33)31-5-1-2-16-18(31)11-4-3-10(22(24,25)26)6-17(11)34-16/h3-4,6-9,16,18H,1-2,5H2,(H2,27,30)/t16-,18-/m0/s1. The summed E-state index contributed by atoms with van der Waals surface area (Å²) in [7, 11) is 0. The topological polar surface area (TPSA) is 98.6 Å². The number of anilines is 1. The number of carbonyl (C=O) groups excluding carboxylic acids is 1. The van der Waals surface area contributed by atoms with E-state index in [0.717, 1.165) is 12.1 Å². The summed E-state index contributed by atoms with van der Waals surface area (Å²) >= 11 is 3.39. The fourth-order valence-electron chi connectivity index (χ4n) is 4.79. The Hall–Kier alpha value is -3.41. The van der Waals surface area contributed by atoms with E-state index in [1.54, 1.807) is 21.6 Å². The maximum atomic E-state index is 13.6. The van der Waals surface area contributed by atoms with Crippen molar-refractivity contribution in [1.82, 2.24) is 24.3 Å². The fourth-order valence-corrected chi connectivity index (χ4v) is 5.28. The quantitative estimate of drug-likeness (QED) is 0.390. The summed E-state index contributed by atoms with van der Waals surface area (Å²) in [5, 5.41) is 0. The van der Waals surface area contributed by atoms with Gasteiger partial charge in [-0.2, -0.15) is 13.2 Å². The highest BCUT2D eigenvalue weighted by atomic mass is 79.9. The summed E-state index contributed by atoms with van der Waals surface area (Å²) in [6.07, 6.45) is -0.530. The molecule has 0 bridgehead atoms. The number of likely N-dealkylation sites (tertiary alicyclic amines) is 1. The minimum absolute atomic E-state index is 0.166. The predicted molar refractivity (Wildman–Crippen MR) is 119 cm³/mol. The van der Waals surface area contributed by atoms with Gasteiger partial charge in [0.25, 0.3) is 5.91 Å². The molecule has 4 aromatic rings. The van der Waals surface area contributed by atoms with E-state index in [0.29, 0.717) is 46.2 Å². The lowest BCUT2D eigenvalue weighted by Crippen LogP contribution is -2.44. The molecule has 2 N–H and O–H groups in total. The van der Waals surface area contributed by atoms with E-state index in [1.807, 2.05) is 0 Å². The van der Waals surface area contributed by atoms with E-state index < -0.39 is 23.9 Å². The van der Waals surface area contributed by atoms with Crippen LogP contribution in [0.1, 0.15) is 40.5 Å². The number of rotatable bonds is 1. The van der Waals surface area contributed by atoms with Crippen LogP contribution in [0.25, 0.3) is 16.6 Å². The molecule has 6 rings (SSSR count). The van der Waals surface area contributed by atoms with Gasteiger partial charge in [0.2, 0.25) is 0 Å². The number of alkyl halides is 3. The first-order valence-electron chi connectivity index (χ1n) is 10.5. The Balaban J connectivity index is 1.41. The molecule has 5 heterocycles. The molecule has 3 aromatic heterocycles. The second-order valence-electron chi connectivity index (χ2n) is 8.30. The van der Waals surface area contributed by atoms with E-state index in [1.165, 1.54) is 12.3 Å². The molecule has 1 amide bonds. The zero-order valence-corrected chi connectivity index (χ0v) is 19.0. The summed E-state index contributed by atoms with van der Waals surface area (Å²) in [6.45, 7) is 0.438. The number of amides is 1. The lowest BCUT2D eigenvalue weighted by atomic mass is 9.93. The second-order valence-corrected chi connectivity index (χ2v) is 9.00. The van der Waals surface area contributed by atoms with Gasteiger partial charge in [-0.15, -0.1) is 0 Å². The van der Waals surface area contributed by atoms with Crippen LogP contribution < -0.4 is 10.5 Å². The Bertz CT molecular complexity index is 1490. The third kappa shape index (κ3) is 3.11. The van der Waals surface area contributed by atoms with Crippen molar-refractivity contribution in [2.45, 2.75) is 31.2 Å². The maximum absolute atomic E-state index is 13.6. The van der Waals surface area contributed by atoms with Crippen LogP contribution in [-0.2, 0) is 6.18 Å². The van der Waals surface area contributed by atoms with Crippen LogP contribution >= 0.6 is 15.9 Å². The van der Waals surface area contributed by atoms with Gasteiger partial charge in [0.15, 0.2) is 4.73 Å². The van der Waals surface area contributed by atoms with Crippen LogP contribution in [0.2, 0.25) is 0 Å². The number of piperidine rings is 1. The number of hydrogen-bond donors (Lipinski definition) is 1. The molecule has 2 aliphatic heterocycles. The molecule has 0 spiro atoms. The van der Waals surface area contributed by atoms with Gasteiger partial charge in [-0.05, 0) is 47.0 Å². The van der Waals surface area contributed by atoms with Gasteiger partial charge < -0.3 is 15.4 Å². The first kappa shape index (κ1) is 21.1. The Kier molecular flexibility index (Phi) is 4.54. The highest BCUT2D eigenvalue weighted by Crippen LogP contribution is 2.46. The van der Waals surface area contributed by atoms with Crippen LogP contribution in [0.4, 0.5) is 19.0 Å². The highest BCUT2D eigenvalue weighted by molar-refractivity contribution is 9.10. The monoisotopic (exact) mass is 532 g/mol. The number of nitrogens with two attached hydrogens (primary N) is 1. The van der Waals surface area contributed by atoms with E-state index in [9.17, 15) is 18.0 Å². The summed E-state index contributed by atoms with van der Waals surface area (Å²) in [5.41, 5.74) is 7.66. The minimum atomic E-state index is -4.47. The van der Waals surface area contributed by atoms with Crippen LogP contribution in [-0.4, -0.2) is 42.8 Å². The van der Waals surface area contributed by atoms with Gasteiger partial charge in [-0.3, -0.25) is 9.20 Å². The number of aromatic nitrogens is 4. The molecule has 0 aliphatic carbocycles. The van der Waals surface area contributed by atoms with Gasteiger partial charge in [-0.25, -0.2) is 15.0 Å². The molecule has 8 nitrogen and oxygen atoms in total. The van der Waals surface area contributed by atoms with Crippen molar-refractivity contribution in [1.29, 1.82) is 0 Å². The average Bonchev–Trinajstić information content (AvgIpc) is 3.38. The van der Waals surface area contributed by atoms with E-state index in [2.05, 4.69) is 30.9 Å². The Morgan fingerprint density at radius 3 is 2.79 bits per heavy atom. The molecule has 2 aliphatic rings. The number of nitrogens with zero attached hydrogens (tertiary/aromatic N) is 5. The molecule has 1 saturated heterocycles. The lowest BCUT2D eigenvalue weighted by molar-refractivity contribution is -0.137. The van der Waals surface area contributed by atoms with E-state index >= 15 is 0 Å². The first-order chi connectivity index (χ1) is 16.2. The van der Waals surface area contributed by atoms with Gasteiger partial charge in [-0.1, -0.05) is 6.07 Å². The highest BCUT2D eigenvalue weighted by Gasteiger charge is 2.44. The SMILES string of the molecule is Nc1nc2cnc(C(=O)N3CCC[C@@H]4Oc5cc(C(F)(F)F)ccc5[C@@H]43)cc2n2c(Br)ncc12. The van der Waals surface area contributed by atoms with Crippen LogP contribution in [0, 0.1) is 0 Å². The molecular formula is C22H16BrF3N6O2. The maximum Gasteiger partial charge on any atom is 0.416 e. The predicted octanol–water partition coefficient (Wildman–Crippen LogP) is 4.38. The van der Waals surface area contributed by atoms with Crippen molar-refractivity contribution in [3.63, 3.8) is 0 Å². The largest absolute Gasteiger partial charge is 0.488 e. The van der Waals surface area contributed by atoms with Crippen molar-refractivity contribution in [2.24, 2.45) is 0 Å². The van der Waals surface area contributed by atoms with Gasteiger partial charge in [0, 0.05) is 12.1 Å². The molecule has 174 valence electrons. The summed E-state index contributed by atoms with van der Waals surface area (Å²) in [5.74, 6) is 0.109. The number of hydrogen-bond acceptors (Lipinski definition) is 6. The van der Waals surface area contributed by atoms with Crippen molar-refractivity contribution >= 4 is 44.2 Å². The van der Waals surface area contributed by atoms with Crippen molar-refractivity contribution < 1.29 is 22.7 Å². The third-order valence-corrected chi connectivity index (χ3v) is 6.88. The summed E-state index contributed by atoms with van der Waals surface area (Å²) < 4.78 is 47.6. The van der Waals surface area contributed by atoms with Crippen molar-refractivity contribution in [2.75, 3.05) is 12.3 Å². The minimum Gasteiger partial charge on any atom is -0.488 e. The molecule has 1 aromatic carbocycles. The summed E-state index contributed by atoms with van der Waals surface area (Å²) in [6, 6.07) is 4.58. The number of benzene rings is 1. The molecular weight excluding hydrogens is 517 g/mol. The molecule has 34 heavy (non-hydrogen) atoms. The smallest absolute Gasteiger partial charge is 0.416 e. The summed E-state index contributed by atoms with van der Waals surface area (Å²) in [4.78, 5) is 28.1. The van der Waals surface area contributed by atoms with Gasteiger partial charge in [0.05, 0.1) is 29.5 Å². The number of nitrogen functional groups attached to an aromatic ring is 1. The average molecular weight is 533 g/mol. The number of ether oxygens (including phenoxy) is 1. The molecule has 1 fully saturated rings. The molecule has 0 saturated carbocycles. The number of halogens is 4. The van der Waals surface area contributed by atoms with E-state index in [-0.39, 0.29) is 23.2 Å². The van der Waals surface area contributed by atoms with Gasteiger partial charge in [0.1, 0.15) is 34.4 Å². The van der Waals surface area contributed by atoms with Crippen molar-refractivity contribution in [3.8, 4) is 5.75 Å². The normalized spacial score (nSPS) is 19.8. The lowest BCUT2D eigenvalue weighted by Gasteiger charge is -2.36. The number of fused-ring (bicyclic) bond motifs is 6. The Labute approximate surface area is 198 Å². The van der Waals surface area contributed by atoms with Gasteiger partial charge >= 0.3 is 6.18 Å². The molecule has 0 unspecified atom stereocenters. The fraction of sp³-hybridized carbons (Fsp3) is 0.273. The second kappa shape index (κ2) is 7.29. The Morgan fingerprint density at radius 1 is 1.18 bits per heavy atom. The van der Waals surface area contributed by atoms with Crippen LogP contribution in [0.3, 0.4) is 0 Å². The molecule has 0 radical (unpaired) electrons. The molecule has 12 heteroatoms. The Morgan fingerprint density at radius 2 is 2.00 bits per heavy atom. The van der Waals surface area contributed by atoms with Crippen LogP contribution in [0.5, 0.6) is 5.75 Å². The van der Waals surface area contributed by atoms with Crippen LogP contribution in [0.15, 0.2) is 41.4 Å². The number of imidazole rings is 1. The van der Waals surface area contributed by atoms with Crippen molar-refractivity contribution in [3.05, 3.63) is 58.2 Å².